The molecule has 0 aromatic carbocycles. The topological polar surface area (TPSA) is 63.4 Å². The average Bonchev–Trinajstić information content (AvgIpc) is 2.35. The molecule has 0 saturated heterocycles. The molecule has 1 aliphatic rings. The van der Waals surface area contributed by atoms with Crippen molar-refractivity contribution in [1.29, 1.82) is 0 Å². The van der Waals surface area contributed by atoms with Gasteiger partial charge in [0.1, 0.15) is 9.84 Å². The lowest BCUT2D eigenvalue weighted by Gasteiger charge is -2.41. The fourth-order valence-corrected chi connectivity index (χ4v) is 3.87. The number of hydrogen-bond donors (Lipinski definition) is 1. The van der Waals surface area contributed by atoms with Crippen LogP contribution in [0.15, 0.2) is 0 Å². The van der Waals surface area contributed by atoms with E-state index in [1.165, 1.54) is 38.4 Å². The molecule has 0 aromatic heterocycles. The van der Waals surface area contributed by atoms with E-state index in [9.17, 15) is 8.42 Å². The quantitative estimate of drug-likeness (QED) is 0.772. The van der Waals surface area contributed by atoms with Crippen molar-refractivity contribution in [2.45, 2.75) is 45.1 Å². The second kappa shape index (κ2) is 7.60. The zero-order valence-corrected chi connectivity index (χ0v) is 13.5. The molecule has 1 fully saturated rings. The van der Waals surface area contributed by atoms with E-state index in [1.807, 2.05) is 7.05 Å². The van der Waals surface area contributed by atoms with Crippen LogP contribution >= 0.6 is 0 Å². The first-order valence-corrected chi connectivity index (χ1v) is 9.51. The van der Waals surface area contributed by atoms with Gasteiger partial charge in [-0.25, -0.2) is 8.42 Å². The minimum Gasteiger partial charge on any atom is -0.330 e. The first kappa shape index (κ1) is 16.9. The van der Waals surface area contributed by atoms with Crippen molar-refractivity contribution >= 4 is 9.84 Å². The molecular formula is C14H30N2O2S. The molecule has 4 nitrogen and oxygen atoms in total. The highest BCUT2D eigenvalue weighted by atomic mass is 32.2. The molecule has 1 rings (SSSR count). The van der Waals surface area contributed by atoms with E-state index in [1.54, 1.807) is 0 Å². The van der Waals surface area contributed by atoms with Crippen LogP contribution in [-0.2, 0) is 9.84 Å². The number of nitrogens with zero attached hydrogens (tertiary/aromatic N) is 1. The van der Waals surface area contributed by atoms with Crippen molar-refractivity contribution < 1.29 is 8.42 Å². The van der Waals surface area contributed by atoms with Crippen molar-refractivity contribution in [2.24, 2.45) is 17.6 Å². The highest BCUT2D eigenvalue weighted by Crippen LogP contribution is 2.33. The third kappa shape index (κ3) is 5.79. The van der Waals surface area contributed by atoms with Gasteiger partial charge in [0.15, 0.2) is 0 Å². The van der Waals surface area contributed by atoms with Gasteiger partial charge in [-0.2, -0.15) is 0 Å². The van der Waals surface area contributed by atoms with Crippen molar-refractivity contribution in [3.8, 4) is 0 Å². The summed E-state index contributed by atoms with van der Waals surface area (Å²) < 4.78 is 22.6. The molecule has 0 aromatic rings. The summed E-state index contributed by atoms with van der Waals surface area (Å²) in [5.41, 5.74) is 5.89. The van der Waals surface area contributed by atoms with Gasteiger partial charge in [0.25, 0.3) is 0 Å². The van der Waals surface area contributed by atoms with Gasteiger partial charge in [-0.1, -0.05) is 26.2 Å². The molecule has 114 valence electrons. The first-order valence-electron chi connectivity index (χ1n) is 7.45. The van der Waals surface area contributed by atoms with Crippen molar-refractivity contribution in [2.75, 3.05) is 32.1 Å². The van der Waals surface area contributed by atoms with Crippen LogP contribution in [0.5, 0.6) is 0 Å². The Hall–Kier alpha value is -0.130. The standard InChI is InChI=1S/C14H30N2O2S/c1-4-5-12-6-7-13(11-15)14(10-12)16(2)8-9-19(3,17)18/h12-14H,4-11,15H2,1-3H3. The summed E-state index contributed by atoms with van der Waals surface area (Å²) in [6.45, 7) is 3.57. The summed E-state index contributed by atoms with van der Waals surface area (Å²) >= 11 is 0. The van der Waals surface area contributed by atoms with Crippen LogP contribution in [0.25, 0.3) is 0 Å². The number of sulfone groups is 1. The van der Waals surface area contributed by atoms with E-state index in [4.69, 9.17) is 5.73 Å². The fraction of sp³-hybridized carbons (Fsp3) is 1.00. The summed E-state index contributed by atoms with van der Waals surface area (Å²) in [5.74, 6) is 1.56. The van der Waals surface area contributed by atoms with Gasteiger partial charge >= 0.3 is 0 Å². The van der Waals surface area contributed by atoms with Crippen LogP contribution in [0.4, 0.5) is 0 Å². The van der Waals surface area contributed by atoms with Crippen LogP contribution in [0.3, 0.4) is 0 Å². The average molecular weight is 290 g/mol. The molecule has 3 unspecified atom stereocenters. The van der Waals surface area contributed by atoms with Gasteiger partial charge in [0.05, 0.1) is 5.75 Å². The van der Waals surface area contributed by atoms with Gasteiger partial charge in [0, 0.05) is 18.8 Å². The molecular weight excluding hydrogens is 260 g/mol. The summed E-state index contributed by atoms with van der Waals surface area (Å²) in [4.78, 5) is 2.22. The highest BCUT2D eigenvalue weighted by Gasteiger charge is 2.31. The Morgan fingerprint density at radius 3 is 2.53 bits per heavy atom. The summed E-state index contributed by atoms with van der Waals surface area (Å²) in [6, 6.07) is 0.456. The summed E-state index contributed by atoms with van der Waals surface area (Å²) in [7, 11) is -0.830. The molecule has 0 heterocycles. The maximum atomic E-state index is 11.3. The van der Waals surface area contributed by atoms with Gasteiger partial charge in [-0.15, -0.1) is 0 Å². The Labute approximate surface area is 118 Å². The molecule has 19 heavy (non-hydrogen) atoms. The lowest BCUT2D eigenvalue weighted by Crippen LogP contribution is -2.46. The van der Waals surface area contributed by atoms with E-state index in [-0.39, 0.29) is 5.75 Å². The second-order valence-corrected chi connectivity index (χ2v) is 8.40. The van der Waals surface area contributed by atoms with Crippen LogP contribution in [0.1, 0.15) is 39.0 Å². The molecule has 1 saturated carbocycles. The van der Waals surface area contributed by atoms with Crippen molar-refractivity contribution in [3.05, 3.63) is 0 Å². The van der Waals surface area contributed by atoms with Gasteiger partial charge in [-0.05, 0) is 38.3 Å². The van der Waals surface area contributed by atoms with Crippen molar-refractivity contribution in [1.82, 2.24) is 4.90 Å². The van der Waals surface area contributed by atoms with Gasteiger partial charge in [-0.3, -0.25) is 0 Å². The molecule has 0 amide bonds. The van der Waals surface area contributed by atoms with Gasteiger partial charge in [0.2, 0.25) is 0 Å². The highest BCUT2D eigenvalue weighted by molar-refractivity contribution is 7.90. The third-order valence-corrected chi connectivity index (χ3v) is 5.37. The molecule has 0 aliphatic heterocycles. The monoisotopic (exact) mass is 290 g/mol. The lowest BCUT2D eigenvalue weighted by atomic mass is 9.76. The maximum absolute atomic E-state index is 11.3. The normalized spacial score (nSPS) is 28.8. The smallest absolute Gasteiger partial charge is 0.148 e. The predicted octanol–water partition coefficient (Wildman–Crippen LogP) is 1.51. The van der Waals surface area contributed by atoms with Crippen LogP contribution in [0.2, 0.25) is 0 Å². The zero-order chi connectivity index (χ0) is 14.5. The number of rotatable bonds is 7. The molecule has 2 N–H and O–H groups in total. The summed E-state index contributed by atoms with van der Waals surface area (Å²) in [5, 5.41) is 0. The molecule has 5 heteroatoms. The Kier molecular flexibility index (Phi) is 6.77. The Balaban J connectivity index is 2.58. The minimum atomic E-state index is -2.88. The number of nitrogens with two attached hydrogens (primary N) is 1. The molecule has 0 spiro atoms. The van der Waals surface area contributed by atoms with E-state index < -0.39 is 9.84 Å². The first-order chi connectivity index (χ1) is 8.87. The van der Waals surface area contributed by atoms with Crippen LogP contribution < -0.4 is 5.73 Å². The number of hydrogen-bond acceptors (Lipinski definition) is 4. The van der Waals surface area contributed by atoms with E-state index >= 15 is 0 Å². The zero-order valence-electron chi connectivity index (χ0n) is 12.6. The Morgan fingerprint density at radius 2 is 2.00 bits per heavy atom. The van der Waals surface area contributed by atoms with Gasteiger partial charge < -0.3 is 10.6 Å². The molecule has 0 radical (unpaired) electrons. The Bertz CT molecular complexity index is 356. The fourth-order valence-electron chi connectivity index (χ4n) is 3.25. The molecule has 1 aliphatic carbocycles. The largest absolute Gasteiger partial charge is 0.330 e. The SMILES string of the molecule is CCCC1CCC(CN)C(N(C)CCS(C)(=O)=O)C1. The van der Waals surface area contributed by atoms with E-state index in [2.05, 4.69) is 11.8 Å². The minimum absolute atomic E-state index is 0.246. The van der Waals surface area contributed by atoms with E-state index in [0.29, 0.717) is 25.0 Å². The third-order valence-electron chi connectivity index (χ3n) is 4.45. The van der Waals surface area contributed by atoms with E-state index in [0.717, 1.165) is 5.92 Å². The van der Waals surface area contributed by atoms with Crippen LogP contribution in [0, 0.1) is 11.8 Å². The van der Waals surface area contributed by atoms with Crippen molar-refractivity contribution in [3.63, 3.8) is 0 Å². The Morgan fingerprint density at radius 1 is 1.32 bits per heavy atom. The maximum Gasteiger partial charge on any atom is 0.148 e. The molecule has 3 atom stereocenters. The molecule has 0 bridgehead atoms. The van der Waals surface area contributed by atoms with Crippen LogP contribution in [-0.4, -0.2) is 51.5 Å². The predicted molar refractivity (Wildman–Crippen MR) is 80.9 cm³/mol. The lowest BCUT2D eigenvalue weighted by molar-refractivity contribution is 0.105. The second-order valence-electron chi connectivity index (χ2n) is 6.14. The summed E-state index contributed by atoms with van der Waals surface area (Å²) in [6.07, 6.45) is 7.48.